The number of ether oxygens (including phenoxy) is 1. The van der Waals surface area contributed by atoms with E-state index >= 15 is 0 Å². The van der Waals surface area contributed by atoms with E-state index in [4.69, 9.17) is 4.74 Å². The Balaban J connectivity index is 1.49. The fraction of sp³-hybridized carbons (Fsp3) is 0.519. The summed E-state index contributed by atoms with van der Waals surface area (Å²) in [5.74, 6) is 0.668. The van der Waals surface area contributed by atoms with Gasteiger partial charge in [-0.3, -0.25) is 14.5 Å². The van der Waals surface area contributed by atoms with Crippen LogP contribution in [0, 0.1) is 11.3 Å². The third-order valence-corrected chi connectivity index (χ3v) is 8.30. The van der Waals surface area contributed by atoms with Crippen LogP contribution < -0.4 is 10.1 Å². The quantitative estimate of drug-likeness (QED) is 0.557. The lowest BCUT2D eigenvalue weighted by molar-refractivity contribution is -0.140. The summed E-state index contributed by atoms with van der Waals surface area (Å²) in [6.07, 6.45) is 3.00. The van der Waals surface area contributed by atoms with Gasteiger partial charge < -0.3 is 15.0 Å². The second kappa shape index (κ2) is 10.0. The summed E-state index contributed by atoms with van der Waals surface area (Å²) in [5.41, 5.74) is 0.165. The third-order valence-electron chi connectivity index (χ3n) is 7.44. The first-order chi connectivity index (χ1) is 16.6. The van der Waals surface area contributed by atoms with Gasteiger partial charge in [0.2, 0.25) is 5.91 Å². The molecule has 1 spiro atoms. The maximum absolute atomic E-state index is 13.5. The van der Waals surface area contributed by atoms with E-state index in [-0.39, 0.29) is 23.8 Å². The number of nitrogens with one attached hydrogen (secondary N) is 1. The van der Waals surface area contributed by atoms with Crippen molar-refractivity contribution >= 4 is 29.2 Å². The van der Waals surface area contributed by atoms with Crippen LogP contribution in [0.1, 0.15) is 56.9 Å². The van der Waals surface area contributed by atoms with Gasteiger partial charge in [0.15, 0.2) is 0 Å². The van der Waals surface area contributed by atoms with Crippen molar-refractivity contribution < 1.29 is 19.1 Å². The lowest BCUT2D eigenvalue weighted by Gasteiger charge is -2.40. The molecule has 2 aromatic rings. The summed E-state index contributed by atoms with van der Waals surface area (Å²) in [4.78, 5) is 43.6. The number of hydrogen-bond acceptors (Lipinski definition) is 5. The van der Waals surface area contributed by atoms with Gasteiger partial charge in [-0.25, -0.2) is 4.79 Å². The summed E-state index contributed by atoms with van der Waals surface area (Å²) in [7, 11) is 1.60. The van der Waals surface area contributed by atoms with Crippen molar-refractivity contribution in [1.82, 2.24) is 15.1 Å². The molecular weight excluding hydrogens is 462 g/mol. The van der Waals surface area contributed by atoms with Crippen LogP contribution in [0.25, 0.3) is 0 Å². The topological polar surface area (TPSA) is 79.0 Å². The van der Waals surface area contributed by atoms with Gasteiger partial charge in [0.1, 0.15) is 17.8 Å². The zero-order valence-corrected chi connectivity index (χ0v) is 21.8. The number of benzene rings is 1. The van der Waals surface area contributed by atoms with Gasteiger partial charge in [0.05, 0.1) is 13.7 Å². The number of thiophene rings is 1. The number of amides is 4. The summed E-state index contributed by atoms with van der Waals surface area (Å²) in [6, 6.07) is 11.0. The maximum atomic E-state index is 13.5. The number of rotatable bonds is 7. The van der Waals surface area contributed by atoms with Crippen LogP contribution >= 0.6 is 11.3 Å². The first-order valence-electron chi connectivity index (χ1n) is 12.2. The molecule has 4 amide bonds. The predicted octanol–water partition coefficient (Wildman–Crippen LogP) is 4.81. The normalized spacial score (nSPS) is 22.4. The molecule has 1 aliphatic heterocycles. The molecule has 2 heterocycles. The number of carbonyl (C=O) groups is 3. The van der Waals surface area contributed by atoms with Crippen LogP contribution in [-0.4, -0.2) is 46.8 Å². The molecule has 188 valence electrons. The molecule has 0 unspecified atom stereocenters. The zero-order chi connectivity index (χ0) is 25.2. The zero-order valence-electron chi connectivity index (χ0n) is 21.0. The highest BCUT2D eigenvalue weighted by Crippen LogP contribution is 2.43. The molecule has 35 heavy (non-hydrogen) atoms. The highest BCUT2D eigenvalue weighted by Gasteiger charge is 2.53. The van der Waals surface area contributed by atoms with Crippen LogP contribution in [0.5, 0.6) is 5.75 Å². The smallest absolute Gasteiger partial charge is 0.325 e. The first kappa shape index (κ1) is 25.2. The summed E-state index contributed by atoms with van der Waals surface area (Å²) in [5, 5.41) is 4.92. The largest absolute Gasteiger partial charge is 0.496 e. The van der Waals surface area contributed by atoms with E-state index in [0.717, 1.165) is 28.2 Å². The Kier molecular flexibility index (Phi) is 7.22. The molecule has 1 saturated carbocycles. The second-order valence-electron chi connectivity index (χ2n) is 10.7. The van der Waals surface area contributed by atoms with E-state index in [2.05, 4.69) is 26.1 Å². The number of imide groups is 1. The standard InChI is InChI=1S/C27H35N3O4S/c1-26(2,3)20-11-13-27(14-12-20)24(32)30(25(33)28-27)18-23(31)29(17-21-9-7-15-35-21)16-19-8-5-6-10-22(19)34-4/h5-10,15,20H,11-14,16-18H2,1-4H3,(H,28,33). The minimum atomic E-state index is -0.875. The molecule has 1 saturated heterocycles. The fourth-order valence-corrected chi connectivity index (χ4v) is 5.95. The summed E-state index contributed by atoms with van der Waals surface area (Å²) < 4.78 is 5.47. The van der Waals surface area contributed by atoms with Crippen molar-refractivity contribution in [2.75, 3.05) is 13.7 Å². The number of nitrogens with zero attached hydrogens (tertiary/aromatic N) is 2. The number of urea groups is 1. The van der Waals surface area contributed by atoms with E-state index in [1.807, 2.05) is 41.8 Å². The van der Waals surface area contributed by atoms with Gasteiger partial charge in [-0.2, -0.15) is 0 Å². The van der Waals surface area contributed by atoms with Crippen molar-refractivity contribution in [2.24, 2.45) is 11.3 Å². The number of carbonyl (C=O) groups excluding carboxylic acids is 3. The highest BCUT2D eigenvalue weighted by atomic mass is 32.1. The molecule has 4 rings (SSSR count). The number of para-hydroxylation sites is 1. The molecule has 7 nitrogen and oxygen atoms in total. The molecule has 8 heteroatoms. The Labute approximate surface area is 211 Å². The SMILES string of the molecule is COc1ccccc1CN(Cc1cccs1)C(=O)CN1C(=O)NC2(CCC(C(C)(C)C)CC2)C1=O. The Morgan fingerprint density at radius 3 is 2.49 bits per heavy atom. The van der Waals surface area contributed by atoms with Gasteiger partial charge in [0, 0.05) is 17.0 Å². The van der Waals surface area contributed by atoms with Crippen LogP contribution in [0.15, 0.2) is 41.8 Å². The van der Waals surface area contributed by atoms with Crippen molar-refractivity contribution in [3.8, 4) is 5.75 Å². The highest BCUT2D eigenvalue weighted by molar-refractivity contribution is 7.09. The fourth-order valence-electron chi connectivity index (χ4n) is 5.23. The molecule has 1 aromatic heterocycles. The van der Waals surface area contributed by atoms with Gasteiger partial charge in [-0.1, -0.05) is 45.0 Å². The minimum Gasteiger partial charge on any atom is -0.496 e. The van der Waals surface area contributed by atoms with E-state index < -0.39 is 11.6 Å². The Morgan fingerprint density at radius 1 is 1.14 bits per heavy atom. The minimum absolute atomic E-state index is 0.170. The van der Waals surface area contributed by atoms with E-state index in [1.165, 1.54) is 0 Å². The van der Waals surface area contributed by atoms with Crippen molar-refractivity contribution in [1.29, 1.82) is 0 Å². The molecule has 2 aliphatic rings. The van der Waals surface area contributed by atoms with Gasteiger partial charge in [0.25, 0.3) is 5.91 Å². The van der Waals surface area contributed by atoms with Gasteiger partial charge >= 0.3 is 6.03 Å². The average Bonchev–Trinajstić information content (AvgIpc) is 3.41. The van der Waals surface area contributed by atoms with Gasteiger partial charge in [-0.15, -0.1) is 11.3 Å². The first-order valence-corrected chi connectivity index (χ1v) is 13.1. The van der Waals surface area contributed by atoms with E-state index in [9.17, 15) is 14.4 Å². The van der Waals surface area contributed by atoms with Crippen LogP contribution in [0.3, 0.4) is 0 Å². The molecule has 0 bridgehead atoms. The molecule has 1 N–H and O–H groups in total. The number of hydrogen-bond donors (Lipinski definition) is 1. The van der Waals surface area contributed by atoms with Crippen LogP contribution in [0.2, 0.25) is 0 Å². The molecular formula is C27H35N3O4S. The predicted molar refractivity (Wildman–Crippen MR) is 136 cm³/mol. The molecule has 1 aromatic carbocycles. The average molecular weight is 498 g/mol. The van der Waals surface area contributed by atoms with Crippen LogP contribution in [0.4, 0.5) is 4.79 Å². The lowest BCUT2D eigenvalue weighted by atomic mass is 9.67. The summed E-state index contributed by atoms with van der Waals surface area (Å²) >= 11 is 1.57. The second-order valence-corrected chi connectivity index (χ2v) is 11.7. The van der Waals surface area contributed by atoms with Crippen molar-refractivity contribution in [2.45, 2.75) is 65.1 Å². The maximum Gasteiger partial charge on any atom is 0.325 e. The Bertz CT molecular complexity index is 1070. The number of methoxy groups -OCH3 is 1. The van der Waals surface area contributed by atoms with Crippen LogP contribution in [-0.2, 0) is 22.7 Å². The Morgan fingerprint density at radius 2 is 1.86 bits per heavy atom. The van der Waals surface area contributed by atoms with E-state index in [1.54, 1.807) is 23.3 Å². The van der Waals surface area contributed by atoms with Crippen molar-refractivity contribution in [3.63, 3.8) is 0 Å². The monoisotopic (exact) mass is 497 g/mol. The van der Waals surface area contributed by atoms with Gasteiger partial charge in [-0.05, 0) is 54.5 Å². The molecule has 0 atom stereocenters. The third kappa shape index (κ3) is 5.37. The molecule has 2 fully saturated rings. The van der Waals surface area contributed by atoms with E-state index in [0.29, 0.717) is 37.6 Å². The summed E-state index contributed by atoms with van der Waals surface area (Å²) in [6.45, 7) is 7.12. The van der Waals surface area contributed by atoms with Crippen molar-refractivity contribution in [3.05, 3.63) is 52.2 Å². The lowest BCUT2D eigenvalue weighted by Crippen LogP contribution is -2.51. The molecule has 0 radical (unpaired) electrons. The Hall–Kier alpha value is -2.87. The molecule has 1 aliphatic carbocycles.